The summed E-state index contributed by atoms with van der Waals surface area (Å²) in [5.41, 5.74) is 0. The summed E-state index contributed by atoms with van der Waals surface area (Å²) in [7, 11) is 0. The molecule has 0 saturated carbocycles. The third-order valence-electron chi connectivity index (χ3n) is 0. The van der Waals surface area contributed by atoms with Crippen LogP contribution in [-0.4, -0.2) is 6.29 Å². The van der Waals surface area contributed by atoms with Gasteiger partial charge >= 0.3 is 56.5 Å². The van der Waals surface area contributed by atoms with Crippen LogP contribution in [0.4, 0.5) is 0 Å². The summed E-state index contributed by atoms with van der Waals surface area (Å²) in [4.78, 5) is 8.68. The summed E-state index contributed by atoms with van der Waals surface area (Å²) in [6.07, 6.45) is 1.50. The molecule has 7 heteroatoms. The molecule has 0 bridgehead atoms. The first-order chi connectivity index (χ1) is 6.41. The van der Waals surface area contributed by atoms with E-state index in [4.69, 9.17) is 28.1 Å². The van der Waals surface area contributed by atoms with E-state index in [0.717, 1.165) is 0 Å². The second kappa shape index (κ2) is 115000. The Morgan fingerprint density at radius 3 is 0.714 bits per heavy atom. The van der Waals surface area contributed by atoms with Crippen LogP contribution in [0.5, 0.6) is 0 Å². The minimum Gasteiger partial charge on any atom is 0 e. The van der Waals surface area contributed by atoms with Crippen LogP contribution < -0.4 is 0 Å². The van der Waals surface area contributed by atoms with Crippen LogP contribution in [0.25, 0.3) is 0 Å². The van der Waals surface area contributed by atoms with E-state index >= 15 is 0 Å². The van der Waals surface area contributed by atoms with Gasteiger partial charge in [0.15, 0.2) is 0 Å². The van der Waals surface area contributed by atoms with Gasteiger partial charge in [-0.3, -0.25) is 6.29 Å². The van der Waals surface area contributed by atoms with Gasteiger partial charge < -0.3 is 4.79 Å². The standard InChI is InChI=1S/C2H3O.5CO.Mn/c1-2-3;5*1-2;/h1H3;;;;;;/q-1;;;;;;. The van der Waals surface area contributed by atoms with Crippen LogP contribution in [0.3, 0.4) is 0 Å². The molecular weight excluding hydrogens is 235 g/mol. The molecule has 0 aliphatic heterocycles. The Bertz CT molecular complexity index is 108. The molecule has 0 aliphatic carbocycles. The van der Waals surface area contributed by atoms with Crippen molar-refractivity contribution < 1.29 is 45.1 Å². The number of hydrogen-bond donors (Lipinski definition) is 0. The van der Waals surface area contributed by atoms with Gasteiger partial charge in [-0.2, -0.15) is 6.92 Å². The van der Waals surface area contributed by atoms with Crippen molar-refractivity contribution in [3.05, 3.63) is 33.3 Å². The van der Waals surface area contributed by atoms with Gasteiger partial charge in [0.05, 0.1) is 0 Å². The van der Waals surface area contributed by atoms with Crippen molar-refractivity contribution in [1.82, 2.24) is 0 Å². The van der Waals surface area contributed by atoms with Crippen molar-refractivity contribution >= 4 is 6.29 Å². The van der Waals surface area contributed by atoms with E-state index in [1.54, 1.807) is 0 Å². The monoisotopic (exact) mass is 238 g/mol. The van der Waals surface area contributed by atoms with E-state index in [0.29, 0.717) is 0 Å². The fourth-order valence-electron chi connectivity index (χ4n) is 0. The smallest absolute Gasteiger partial charge is 0 e. The molecule has 6 nitrogen and oxygen atoms in total. The van der Waals surface area contributed by atoms with E-state index in [2.05, 4.69) is 33.3 Å². The van der Waals surface area contributed by atoms with Crippen molar-refractivity contribution in [3.63, 3.8) is 0 Å². The van der Waals surface area contributed by atoms with Gasteiger partial charge in [0, 0.05) is 17.1 Å². The summed E-state index contributed by atoms with van der Waals surface area (Å²) >= 11 is 0. The molecule has 1 radical (unpaired) electrons. The minimum atomic E-state index is 0. The first-order valence-electron chi connectivity index (χ1n) is 1.72. The van der Waals surface area contributed by atoms with Gasteiger partial charge in [0.25, 0.3) is 0 Å². The molecule has 0 unspecified atom stereocenters. The second-order valence-corrected chi connectivity index (χ2v) is 0.204. The van der Waals surface area contributed by atoms with Crippen molar-refractivity contribution in [2.45, 2.75) is 6.92 Å². The maximum atomic E-state index is 8.68. The molecule has 0 amide bonds. The van der Waals surface area contributed by atoms with Gasteiger partial charge in [0.1, 0.15) is 0 Å². The first kappa shape index (κ1) is 52.5. The molecule has 14 heavy (non-hydrogen) atoms. The van der Waals surface area contributed by atoms with Crippen LogP contribution in [0.15, 0.2) is 0 Å². The Balaban J connectivity index is -0.00000000838. The molecule has 0 saturated heterocycles. The zero-order valence-electron chi connectivity index (χ0n) is 6.83. The summed E-state index contributed by atoms with van der Waals surface area (Å²) < 4.78 is 37.5. The maximum Gasteiger partial charge on any atom is 0 e. The number of carbonyl (C=O) groups excluding carboxylic acids is 1. The summed E-state index contributed by atoms with van der Waals surface area (Å²) in [5, 5.41) is 0. The van der Waals surface area contributed by atoms with Gasteiger partial charge in [-0.05, 0) is 0 Å². The van der Waals surface area contributed by atoms with Gasteiger partial charge in [-0.1, -0.05) is 0 Å². The predicted octanol–water partition coefficient (Wildman–Crippen LogP) is -0.0741. The Labute approximate surface area is 92.1 Å². The zero-order valence-corrected chi connectivity index (χ0v) is 8.01. The van der Waals surface area contributed by atoms with Crippen LogP contribution in [0.2, 0.25) is 0 Å². The normalized spacial score (nSPS) is 1.64. The summed E-state index contributed by atoms with van der Waals surface area (Å²) in [5.74, 6) is 0. The van der Waals surface area contributed by atoms with Crippen molar-refractivity contribution in [1.29, 1.82) is 0 Å². The molecule has 0 spiro atoms. The Kier molecular flexibility index (Phi) is 433000. The minimum absolute atomic E-state index is 0. The van der Waals surface area contributed by atoms with Gasteiger partial charge in [-0.15, -0.1) is 0 Å². The van der Waals surface area contributed by atoms with E-state index < -0.39 is 0 Å². The molecular formula is C7H3MnO6-. The molecule has 0 heterocycles. The predicted molar refractivity (Wildman–Crippen MR) is 31.0 cm³/mol. The van der Waals surface area contributed by atoms with Crippen molar-refractivity contribution in [3.8, 4) is 0 Å². The van der Waals surface area contributed by atoms with Gasteiger partial charge in [0.2, 0.25) is 0 Å². The molecule has 0 rings (SSSR count). The first-order valence-corrected chi connectivity index (χ1v) is 1.72. The second-order valence-electron chi connectivity index (χ2n) is 0.204. The van der Waals surface area contributed by atoms with Crippen molar-refractivity contribution in [2.24, 2.45) is 0 Å². The fourth-order valence-corrected chi connectivity index (χ4v) is 0. The number of hydrogen-bond acceptors (Lipinski definition) is 1. The molecule has 0 fully saturated rings. The summed E-state index contributed by atoms with van der Waals surface area (Å²) in [6.45, 7) is 23.8. The SMILES string of the molecule is C[C-]=O.[C-]#[O+].[C-]#[O+].[C-]#[O+].[C-]#[O+].[C-]#[O+].[Mn]. The zero-order chi connectivity index (χ0) is 12.7. The largest absolute Gasteiger partial charge is 0 e. The molecule has 0 aromatic carbocycles. The Morgan fingerprint density at radius 2 is 0.714 bits per heavy atom. The third kappa shape index (κ3) is 864. The van der Waals surface area contributed by atoms with Gasteiger partial charge in [-0.25, -0.2) is 0 Å². The average molecular weight is 238 g/mol. The molecule has 0 aliphatic rings. The number of rotatable bonds is 0. The molecule has 75 valence electrons. The van der Waals surface area contributed by atoms with Crippen LogP contribution in [0, 0.1) is 33.3 Å². The molecule has 0 aromatic heterocycles. The van der Waals surface area contributed by atoms with E-state index in [-0.39, 0.29) is 17.1 Å². The average Bonchev–Trinajstić information content (AvgIpc) is 2.32. The third-order valence-corrected chi connectivity index (χ3v) is 0. The fraction of sp³-hybridized carbons (Fsp3) is 0.143. The topological polar surface area (TPSA) is 117 Å². The van der Waals surface area contributed by atoms with E-state index in [9.17, 15) is 0 Å². The quantitative estimate of drug-likeness (QED) is 0.327. The van der Waals surface area contributed by atoms with Crippen molar-refractivity contribution in [2.75, 3.05) is 0 Å². The molecule has 0 aromatic rings. The maximum absolute atomic E-state index is 8.68. The molecule has 0 atom stereocenters. The molecule has 0 N–H and O–H groups in total. The summed E-state index contributed by atoms with van der Waals surface area (Å²) in [6, 6.07) is 0. The van der Waals surface area contributed by atoms with Crippen LogP contribution in [-0.2, 0) is 45.1 Å². The van der Waals surface area contributed by atoms with E-state index in [1.165, 1.54) is 13.2 Å². The Morgan fingerprint density at radius 1 is 0.714 bits per heavy atom. The van der Waals surface area contributed by atoms with E-state index in [1.807, 2.05) is 0 Å². The van der Waals surface area contributed by atoms with Crippen LogP contribution >= 0.6 is 0 Å². The van der Waals surface area contributed by atoms with Crippen LogP contribution in [0.1, 0.15) is 6.92 Å². The Hall–Kier alpha value is -1.11.